The fraction of sp³-hybridized carbons (Fsp3) is 0.364. The molecule has 2 heterocycles. The van der Waals surface area contributed by atoms with Crippen molar-refractivity contribution in [3.8, 4) is 0 Å². The second-order valence-corrected chi connectivity index (χ2v) is 7.40. The summed E-state index contributed by atoms with van der Waals surface area (Å²) in [4.78, 5) is 29.1. The molecule has 27 heavy (non-hydrogen) atoms. The predicted molar refractivity (Wildman–Crippen MR) is 106 cm³/mol. The maximum absolute atomic E-state index is 12.8. The molecule has 2 aliphatic rings. The van der Waals surface area contributed by atoms with Gasteiger partial charge in [0.1, 0.15) is 0 Å². The molecule has 0 spiro atoms. The van der Waals surface area contributed by atoms with E-state index < -0.39 is 0 Å². The summed E-state index contributed by atoms with van der Waals surface area (Å²) in [6, 6.07) is 13.7. The molecule has 0 radical (unpaired) electrons. The number of carbonyl (C=O) groups is 2. The van der Waals surface area contributed by atoms with Crippen LogP contribution in [0.15, 0.2) is 42.5 Å². The van der Waals surface area contributed by atoms with Crippen molar-refractivity contribution >= 4 is 17.5 Å². The van der Waals surface area contributed by atoms with Crippen molar-refractivity contribution in [1.29, 1.82) is 0 Å². The summed E-state index contributed by atoms with van der Waals surface area (Å²) in [6.07, 6.45) is 0.326. The van der Waals surface area contributed by atoms with Crippen molar-refractivity contribution in [2.24, 2.45) is 0 Å². The first-order chi connectivity index (χ1) is 13.0. The van der Waals surface area contributed by atoms with Gasteiger partial charge in [0.15, 0.2) is 0 Å². The first-order valence-corrected chi connectivity index (χ1v) is 9.53. The van der Waals surface area contributed by atoms with E-state index >= 15 is 0 Å². The molecule has 140 valence electrons. The Morgan fingerprint density at radius 3 is 2.56 bits per heavy atom. The molecule has 1 N–H and O–H groups in total. The summed E-state index contributed by atoms with van der Waals surface area (Å²) in [5.74, 6) is 0.0285. The molecule has 5 nitrogen and oxygen atoms in total. The summed E-state index contributed by atoms with van der Waals surface area (Å²) in [6.45, 7) is 7.39. The van der Waals surface area contributed by atoms with Crippen molar-refractivity contribution in [3.63, 3.8) is 0 Å². The van der Waals surface area contributed by atoms with Crippen LogP contribution in [0.1, 0.15) is 39.5 Å². The van der Waals surface area contributed by atoms with Crippen molar-refractivity contribution in [2.45, 2.75) is 26.3 Å². The molecular weight excluding hydrogens is 338 g/mol. The van der Waals surface area contributed by atoms with E-state index in [4.69, 9.17) is 0 Å². The molecule has 1 saturated heterocycles. The lowest BCUT2D eigenvalue weighted by atomic mass is 10.0. The number of fused-ring (bicyclic) bond motifs is 1. The zero-order valence-electron chi connectivity index (χ0n) is 15.9. The highest BCUT2D eigenvalue weighted by Gasteiger charge is 2.31. The average molecular weight is 363 g/mol. The number of rotatable bonds is 3. The summed E-state index contributed by atoms with van der Waals surface area (Å²) >= 11 is 0. The third-order valence-electron chi connectivity index (χ3n) is 5.81. The van der Waals surface area contributed by atoms with Crippen LogP contribution >= 0.6 is 0 Å². The number of nitrogens with zero attached hydrogens (tertiary/aromatic N) is 2. The molecule has 1 atom stereocenters. The monoisotopic (exact) mass is 363 g/mol. The number of carbonyl (C=O) groups excluding carboxylic acids is 2. The fourth-order valence-corrected chi connectivity index (χ4v) is 4.06. The van der Waals surface area contributed by atoms with Crippen LogP contribution in [-0.2, 0) is 4.79 Å². The predicted octanol–water partition coefficient (Wildman–Crippen LogP) is 2.83. The molecule has 2 amide bonds. The normalized spacial score (nSPS) is 19.0. The second-order valence-electron chi connectivity index (χ2n) is 7.40. The number of anilines is 1. The van der Waals surface area contributed by atoms with Crippen molar-refractivity contribution in [1.82, 2.24) is 10.2 Å². The Balaban J connectivity index is 1.38. The lowest BCUT2D eigenvalue weighted by Crippen LogP contribution is -2.49. The smallest absolute Gasteiger partial charge is 0.252 e. The van der Waals surface area contributed by atoms with Gasteiger partial charge in [-0.05, 0) is 42.7 Å². The molecule has 5 heteroatoms. The lowest BCUT2D eigenvalue weighted by molar-refractivity contribution is -0.132. The van der Waals surface area contributed by atoms with Crippen molar-refractivity contribution < 1.29 is 9.59 Å². The van der Waals surface area contributed by atoms with Gasteiger partial charge >= 0.3 is 0 Å². The Hall–Kier alpha value is -2.82. The summed E-state index contributed by atoms with van der Waals surface area (Å²) in [5, 5.41) is 2.94. The molecule has 0 aromatic heterocycles. The van der Waals surface area contributed by atoms with Gasteiger partial charge in [-0.15, -0.1) is 0 Å². The van der Waals surface area contributed by atoms with E-state index in [1.54, 1.807) is 0 Å². The molecular formula is C22H25N3O2. The number of benzene rings is 2. The van der Waals surface area contributed by atoms with Crippen LogP contribution in [0.25, 0.3) is 0 Å². The Labute approximate surface area is 160 Å². The van der Waals surface area contributed by atoms with Gasteiger partial charge in [-0.2, -0.15) is 0 Å². The van der Waals surface area contributed by atoms with E-state index in [0.717, 1.165) is 18.7 Å². The molecule has 0 aliphatic carbocycles. The Bertz CT molecular complexity index is 885. The summed E-state index contributed by atoms with van der Waals surface area (Å²) < 4.78 is 0. The highest BCUT2D eigenvalue weighted by molar-refractivity contribution is 5.99. The van der Waals surface area contributed by atoms with Crippen LogP contribution in [0.4, 0.5) is 5.69 Å². The van der Waals surface area contributed by atoms with E-state index in [1.165, 1.54) is 16.8 Å². The Morgan fingerprint density at radius 2 is 1.78 bits per heavy atom. The van der Waals surface area contributed by atoms with Crippen LogP contribution in [0.2, 0.25) is 0 Å². The lowest BCUT2D eigenvalue weighted by Gasteiger charge is -2.37. The van der Waals surface area contributed by atoms with Gasteiger partial charge < -0.3 is 15.1 Å². The van der Waals surface area contributed by atoms with Gasteiger partial charge in [0.05, 0.1) is 12.5 Å². The standard InChI is InChI=1S/C22H25N3O2/c1-15-6-5-9-20(16(15)2)24-10-12-25(13-11-24)21(26)14-19-17-7-3-4-8-18(17)22(27)23-19/h3-9,19H,10-14H2,1-2H3,(H,23,27). The first kappa shape index (κ1) is 17.6. The van der Waals surface area contributed by atoms with E-state index in [0.29, 0.717) is 25.1 Å². The van der Waals surface area contributed by atoms with Gasteiger partial charge in [-0.1, -0.05) is 30.3 Å². The average Bonchev–Trinajstić information content (AvgIpc) is 3.00. The third kappa shape index (κ3) is 3.29. The zero-order valence-corrected chi connectivity index (χ0v) is 15.9. The highest BCUT2D eigenvalue weighted by Crippen LogP contribution is 2.29. The van der Waals surface area contributed by atoms with Crippen molar-refractivity contribution in [2.75, 3.05) is 31.1 Å². The number of nitrogens with one attached hydrogen (secondary N) is 1. The summed E-state index contributed by atoms with van der Waals surface area (Å²) in [7, 11) is 0. The van der Waals surface area contributed by atoms with E-state index in [-0.39, 0.29) is 17.9 Å². The summed E-state index contributed by atoms with van der Waals surface area (Å²) in [5.41, 5.74) is 5.49. The SMILES string of the molecule is Cc1cccc(N2CCN(C(=O)CC3NC(=O)c4ccccc43)CC2)c1C. The van der Waals surface area contributed by atoms with Crippen LogP contribution in [0.3, 0.4) is 0 Å². The highest BCUT2D eigenvalue weighted by atomic mass is 16.2. The topological polar surface area (TPSA) is 52.6 Å². The molecule has 2 aliphatic heterocycles. The van der Waals surface area contributed by atoms with E-state index in [2.05, 4.69) is 42.3 Å². The minimum atomic E-state index is -0.210. The third-order valence-corrected chi connectivity index (χ3v) is 5.81. The van der Waals surface area contributed by atoms with Crippen LogP contribution in [0.5, 0.6) is 0 Å². The van der Waals surface area contributed by atoms with Crippen molar-refractivity contribution in [3.05, 3.63) is 64.7 Å². The quantitative estimate of drug-likeness (QED) is 0.912. The second kappa shape index (κ2) is 7.06. The minimum absolute atomic E-state index is 0.0804. The Morgan fingerprint density at radius 1 is 1.04 bits per heavy atom. The first-order valence-electron chi connectivity index (χ1n) is 9.53. The van der Waals surface area contributed by atoms with Gasteiger partial charge in [0, 0.05) is 37.4 Å². The fourth-order valence-electron chi connectivity index (χ4n) is 4.06. The largest absolute Gasteiger partial charge is 0.368 e. The zero-order chi connectivity index (χ0) is 19.0. The maximum atomic E-state index is 12.8. The van der Waals surface area contributed by atoms with E-state index in [9.17, 15) is 9.59 Å². The maximum Gasteiger partial charge on any atom is 0.252 e. The molecule has 2 aromatic carbocycles. The number of hydrogen-bond acceptors (Lipinski definition) is 3. The molecule has 2 aromatic rings. The molecule has 0 bridgehead atoms. The number of piperazine rings is 1. The number of hydrogen-bond donors (Lipinski definition) is 1. The van der Waals surface area contributed by atoms with Gasteiger partial charge in [-0.3, -0.25) is 9.59 Å². The number of amides is 2. The molecule has 1 fully saturated rings. The Kier molecular flexibility index (Phi) is 4.60. The van der Waals surface area contributed by atoms with Crippen LogP contribution in [0, 0.1) is 13.8 Å². The van der Waals surface area contributed by atoms with Crippen LogP contribution < -0.4 is 10.2 Å². The van der Waals surface area contributed by atoms with E-state index in [1.807, 2.05) is 29.2 Å². The molecule has 0 saturated carbocycles. The minimum Gasteiger partial charge on any atom is -0.368 e. The molecule has 1 unspecified atom stereocenters. The van der Waals surface area contributed by atoms with Gasteiger partial charge in [-0.25, -0.2) is 0 Å². The number of aryl methyl sites for hydroxylation is 1. The molecule has 4 rings (SSSR count). The van der Waals surface area contributed by atoms with Gasteiger partial charge in [0.25, 0.3) is 5.91 Å². The van der Waals surface area contributed by atoms with Gasteiger partial charge in [0.2, 0.25) is 5.91 Å². The van der Waals surface area contributed by atoms with Crippen LogP contribution in [-0.4, -0.2) is 42.9 Å².